The minimum absolute atomic E-state index is 0. The first-order valence-corrected chi connectivity index (χ1v) is 9.71. The van der Waals surface area contributed by atoms with Crippen molar-refractivity contribution in [3.05, 3.63) is 29.8 Å². The Morgan fingerprint density at radius 1 is 1.28 bits per heavy atom. The summed E-state index contributed by atoms with van der Waals surface area (Å²) in [7, 11) is 3.61. The first kappa shape index (κ1) is 20.7. The van der Waals surface area contributed by atoms with E-state index in [2.05, 4.69) is 65.1 Å². The van der Waals surface area contributed by atoms with Crippen LogP contribution in [0.5, 0.6) is 5.75 Å². The smallest absolute Gasteiger partial charge is 0.193 e. The summed E-state index contributed by atoms with van der Waals surface area (Å²) in [5.41, 5.74) is 1.67. The zero-order valence-electron chi connectivity index (χ0n) is 15.7. The molecule has 140 valence electrons. The molecule has 2 fully saturated rings. The van der Waals surface area contributed by atoms with Crippen LogP contribution in [0.4, 0.5) is 0 Å². The molecule has 4 nitrogen and oxygen atoms in total. The predicted octanol–water partition coefficient (Wildman–Crippen LogP) is 3.75. The van der Waals surface area contributed by atoms with Gasteiger partial charge in [0.1, 0.15) is 5.75 Å². The second-order valence-electron chi connectivity index (χ2n) is 7.44. The van der Waals surface area contributed by atoms with E-state index in [9.17, 15) is 0 Å². The maximum absolute atomic E-state index is 5.27. The topological polar surface area (TPSA) is 36.9 Å². The number of hydrogen-bond donors (Lipinski definition) is 1. The fourth-order valence-corrected chi connectivity index (χ4v) is 4.55. The standard InChI is InChI=1S/C19H29N3OS.HI/c1-18(2)14-22(11-12-24-18)17(20-3)21-13-19(9-10-19)15-5-7-16(23-4)8-6-15;/h5-8H,9-14H2,1-4H3,(H,20,21);1H. The largest absolute Gasteiger partial charge is 0.497 e. The highest BCUT2D eigenvalue weighted by atomic mass is 127. The molecule has 1 saturated heterocycles. The molecule has 1 N–H and O–H groups in total. The van der Waals surface area contributed by atoms with Crippen molar-refractivity contribution in [3.63, 3.8) is 0 Å². The molecular weight excluding hydrogens is 445 g/mol. The fraction of sp³-hybridized carbons (Fsp3) is 0.632. The third-order valence-electron chi connectivity index (χ3n) is 5.08. The van der Waals surface area contributed by atoms with Gasteiger partial charge in [-0.25, -0.2) is 0 Å². The van der Waals surface area contributed by atoms with Crippen molar-refractivity contribution >= 4 is 41.7 Å². The lowest BCUT2D eigenvalue weighted by Gasteiger charge is -2.39. The monoisotopic (exact) mass is 475 g/mol. The summed E-state index contributed by atoms with van der Waals surface area (Å²) >= 11 is 2.05. The lowest BCUT2D eigenvalue weighted by Crippen LogP contribution is -2.52. The molecule has 1 aliphatic carbocycles. The number of halogens is 1. The van der Waals surface area contributed by atoms with E-state index in [4.69, 9.17) is 4.74 Å². The van der Waals surface area contributed by atoms with Crippen LogP contribution in [0.25, 0.3) is 0 Å². The molecule has 2 aliphatic rings. The molecule has 3 rings (SSSR count). The van der Waals surface area contributed by atoms with E-state index in [-0.39, 0.29) is 29.4 Å². The Morgan fingerprint density at radius 2 is 1.96 bits per heavy atom. The molecule has 0 bridgehead atoms. The zero-order valence-corrected chi connectivity index (χ0v) is 18.8. The lowest BCUT2D eigenvalue weighted by molar-refractivity contribution is 0.374. The minimum Gasteiger partial charge on any atom is -0.497 e. The number of aliphatic imine (C=N–C) groups is 1. The van der Waals surface area contributed by atoms with Gasteiger partial charge in [0.25, 0.3) is 0 Å². The van der Waals surface area contributed by atoms with Gasteiger partial charge in [-0.05, 0) is 44.4 Å². The fourth-order valence-electron chi connectivity index (χ4n) is 3.44. The number of guanidine groups is 1. The van der Waals surface area contributed by atoms with Crippen molar-refractivity contribution < 1.29 is 4.74 Å². The number of ether oxygens (including phenoxy) is 1. The van der Waals surface area contributed by atoms with Crippen LogP contribution in [-0.2, 0) is 5.41 Å². The molecule has 1 aromatic carbocycles. The van der Waals surface area contributed by atoms with Crippen molar-refractivity contribution in [3.8, 4) is 5.75 Å². The maximum atomic E-state index is 5.27. The minimum atomic E-state index is 0. The molecule has 0 radical (unpaired) electrons. The Hall–Kier alpha value is -0.630. The summed E-state index contributed by atoms with van der Waals surface area (Å²) in [5.74, 6) is 3.13. The molecule has 1 aliphatic heterocycles. The van der Waals surface area contributed by atoms with Gasteiger partial charge < -0.3 is 15.0 Å². The van der Waals surface area contributed by atoms with Gasteiger partial charge in [0.15, 0.2) is 5.96 Å². The van der Waals surface area contributed by atoms with Gasteiger partial charge in [-0.3, -0.25) is 4.99 Å². The Morgan fingerprint density at radius 3 is 2.48 bits per heavy atom. The van der Waals surface area contributed by atoms with E-state index >= 15 is 0 Å². The number of thioether (sulfide) groups is 1. The van der Waals surface area contributed by atoms with Gasteiger partial charge in [-0.15, -0.1) is 24.0 Å². The van der Waals surface area contributed by atoms with Crippen LogP contribution in [0.2, 0.25) is 0 Å². The maximum Gasteiger partial charge on any atom is 0.193 e. The van der Waals surface area contributed by atoms with E-state index in [1.165, 1.54) is 18.4 Å². The van der Waals surface area contributed by atoms with Crippen LogP contribution < -0.4 is 10.1 Å². The second kappa shape index (κ2) is 8.37. The van der Waals surface area contributed by atoms with E-state index < -0.39 is 0 Å². The molecule has 0 unspecified atom stereocenters. The Kier molecular flexibility index (Phi) is 6.93. The number of rotatable bonds is 4. The quantitative estimate of drug-likeness (QED) is 0.409. The third kappa shape index (κ3) is 4.96. The van der Waals surface area contributed by atoms with Crippen molar-refractivity contribution in [1.82, 2.24) is 10.2 Å². The molecule has 6 heteroatoms. The highest BCUT2D eigenvalue weighted by Gasteiger charge is 2.44. The molecular formula is C19H30IN3OS. The van der Waals surface area contributed by atoms with Crippen molar-refractivity contribution in [2.75, 3.05) is 39.5 Å². The zero-order chi connectivity index (χ0) is 17.2. The lowest BCUT2D eigenvalue weighted by atomic mass is 9.96. The highest BCUT2D eigenvalue weighted by molar-refractivity contribution is 14.0. The number of nitrogens with zero attached hydrogens (tertiary/aromatic N) is 2. The SMILES string of the molecule is CN=C(NCC1(c2ccc(OC)cc2)CC1)N1CCSC(C)(C)C1.I. The van der Waals surface area contributed by atoms with Gasteiger partial charge in [0.05, 0.1) is 7.11 Å². The highest BCUT2D eigenvalue weighted by Crippen LogP contribution is 2.48. The number of nitrogens with one attached hydrogen (secondary N) is 1. The predicted molar refractivity (Wildman–Crippen MR) is 119 cm³/mol. The van der Waals surface area contributed by atoms with Crippen LogP contribution in [0.1, 0.15) is 32.3 Å². The van der Waals surface area contributed by atoms with Gasteiger partial charge in [-0.2, -0.15) is 11.8 Å². The molecule has 1 aromatic rings. The Bertz CT molecular complexity index is 599. The molecule has 0 spiro atoms. The first-order valence-electron chi connectivity index (χ1n) is 8.72. The van der Waals surface area contributed by atoms with Gasteiger partial charge in [-0.1, -0.05) is 12.1 Å². The summed E-state index contributed by atoms with van der Waals surface area (Å²) in [6, 6.07) is 8.54. The van der Waals surface area contributed by atoms with E-state index in [1.807, 2.05) is 7.05 Å². The molecule has 25 heavy (non-hydrogen) atoms. The molecule has 0 aromatic heterocycles. The van der Waals surface area contributed by atoms with Crippen molar-refractivity contribution in [2.24, 2.45) is 4.99 Å². The summed E-state index contributed by atoms with van der Waals surface area (Å²) < 4.78 is 5.57. The van der Waals surface area contributed by atoms with Gasteiger partial charge in [0.2, 0.25) is 0 Å². The normalized spacial score (nSPS) is 21.3. The summed E-state index contributed by atoms with van der Waals surface area (Å²) in [6.07, 6.45) is 2.48. The van der Waals surface area contributed by atoms with Crippen molar-refractivity contribution in [1.29, 1.82) is 0 Å². The van der Waals surface area contributed by atoms with Crippen LogP contribution in [0.15, 0.2) is 29.3 Å². The van der Waals surface area contributed by atoms with Gasteiger partial charge in [0, 0.05) is 42.6 Å². The van der Waals surface area contributed by atoms with Crippen LogP contribution in [-0.4, -0.2) is 55.2 Å². The van der Waals surface area contributed by atoms with Crippen molar-refractivity contribution in [2.45, 2.75) is 36.9 Å². The average Bonchev–Trinajstić information content (AvgIpc) is 3.36. The van der Waals surface area contributed by atoms with Crippen LogP contribution in [0.3, 0.4) is 0 Å². The summed E-state index contributed by atoms with van der Waals surface area (Å²) in [4.78, 5) is 6.93. The Labute approximate surface area is 173 Å². The molecule has 0 atom stereocenters. The van der Waals surface area contributed by atoms with Crippen LogP contribution >= 0.6 is 35.7 Å². The average molecular weight is 475 g/mol. The number of methoxy groups -OCH3 is 1. The molecule has 0 amide bonds. The van der Waals surface area contributed by atoms with E-state index in [0.717, 1.165) is 37.1 Å². The first-order chi connectivity index (χ1) is 11.5. The third-order valence-corrected chi connectivity index (χ3v) is 6.38. The van der Waals surface area contributed by atoms with Gasteiger partial charge >= 0.3 is 0 Å². The van der Waals surface area contributed by atoms with E-state index in [0.29, 0.717) is 4.75 Å². The van der Waals surface area contributed by atoms with Crippen LogP contribution in [0, 0.1) is 0 Å². The number of hydrogen-bond acceptors (Lipinski definition) is 3. The molecule has 1 heterocycles. The number of benzene rings is 1. The van der Waals surface area contributed by atoms with E-state index in [1.54, 1.807) is 7.11 Å². The summed E-state index contributed by atoms with van der Waals surface area (Å²) in [5, 5.41) is 3.64. The Balaban J connectivity index is 0.00000225. The molecule has 1 saturated carbocycles. The summed E-state index contributed by atoms with van der Waals surface area (Å²) in [6.45, 7) is 7.71. The second-order valence-corrected chi connectivity index (χ2v) is 9.24.